The van der Waals surface area contributed by atoms with Crippen LogP contribution in [0.25, 0.3) is 105 Å². The van der Waals surface area contributed by atoms with Crippen molar-refractivity contribution in [2.45, 2.75) is 0 Å². The zero-order valence-corrected chi connectivity index (χ0v) is 31.9. The minimum atomic E-state index is 0.825. The number of rotatable bonds is 6. The summed E-state index contributed by atoms with van der Waals surface area (Å²) >= 11 is 0. The Bertz CT molecular complexity index is 3360. The number of para-hydroxylation sites is 4. The summed E-state index contributed by atoms with van der Waals surface area (Å²) in [4.78, 5) is 9.77. The molecular weight excluding hydrogens is 719 g/mol. The van der Waals surface area contributed by atoms with Gasteiger partial charge in [-0.25, -0.2) is 4.98 Å². The molecule has 4 heterocycles. The molecule has 4 aromatic heterocycles. The summed E-state index contributed by atoms with van der Waals surface area (Å²) in [6.07, 6.45) is 5.88. The van der Waals surface area contributed by atoms with Crippen molar-refractivity contribution >= 4 is 49.3 Å². The largest absolute Gasteiger partial charge is 0.309 e. The number of nitrogens with zero attached hydrogens (tertiary/aromatic N) is 5. The molecule has 0 N–H and O–H groups in total. The van der Waals surface area contributed by atoms with Crippen LogP contribution in [0.15, 0.2) is 213 Å². The molecule has 5 heteroatoms. The molecule has 0 aliphatic carbocycles. The van der Waals surface area contributed by atoms with Crippen molar-refractivity contribution in [3.8, 4) is 56.1 Å². The second-order valence-corrected chi connectivity index (χ2v) is 15.1. The lowest BCUT2D eigenvalue weighted by Crippen LogP contribution is -1.95. The second-order valence-electron chi connectivity index (χ2n) is 15.1. The van der Waals surface area contributed by atoms with E-state index in [2.05, 4.69) is 189 Å². The highest BCUT2D eigenvalue weighted by Gasteiger charge is 2.18. The van der Waals surface area contributed by atoms with Gasteiger partial charge in [-0.1, -0.05) is 115 Å². The molecule has 5 nitrogen and oxygen atoms in total. The summed E-state index contributed by atoms with van der Waals surface area (Å²) in [5, 5.41) is 4.90. The van der Waals surface area contributed by atoms with E-state index in [0.29, 0.717) is 0 Å². The first-order valence-corrected chi connectivity index (χ1v) is 20.0. The van der Waals surface area contributed by atoms with Crippen LogP contribution >= 0.6 is 0 Å². The van der Waals surface area contributed by atoms with Crippen LogP contribution in [-0.4, -0.2) is 23.5 Å². The Hall–Kier alpha value is -8.02. The van der Waals surface area contributed by atoms with E-state index < -0.39 is 0 Å². The van der Waals surface area contributed by atoms with Crippen LogP contribution in [-0.2, 0) is 0 Å². The molecule has 0 spiro atoms. The molecule has 0 bridgehead atoms. The monoisotopic (exact) mass is 753 g/mol. The summed E-state index contributed by atoms with van der Waals surface area (Å²) < 4.78 is 6.91. The summed E-state index contributed by atoms with van der Waals surface area (Å²) in [5.41, 5.74) is 16.4. The predicted octanol–water partition coefficient (Wildman–Crippen LogP) is 13.6. The van der Waals surface area contributed by atoms with Gasteiger partial charge in [0.25, 0.3) is 0 Å². The van der Waals surface area contributed by atoms with Crippen LogP contribution in [0.3, 0.4) is 0 Å². The highest BCUT2D eigenvalue weighted by atomic mass is 15.0. The van der Waals surface area contributed by atoms with Crippen LogP contribution in [0.2, 0.25) is 0 Å². The van der Waals surface area contributed by atoms with Crippen molar-refractivity contribution in [1.29, 1.82) is 0 Å². The normalized spacial score (nSPS) is 11.7. The van der Waals surface area contributed by atoms with Gasteiger partial charge < -0.3 is 9.13 Å². The minimum Gasteiger partial charge on any atom is -0.309 e. The van der Waals surface area contributed by atoms with Gasteiger partial charge in [0.15, 0.2) is 5.65 Å². The smallest absolute Gasteiger partial charge is 0.163 e. The third kappa shape index (κ3) is 5.33. The van der Waals surface area contributed by atoms with E-state index in [1.165, 1.54) is 43.6 Å². The maximum atomic E-state index is 4.98. The topological polar surface area (TPSA) is 40.0 Å². The number of benzene rings is 8. The number of imidazole rings is 1. The summed E-state index contributed by atoms with van der Waals surface area (Å²) in [7, 11) is 0. The van der Waals surface area contributed by atoms with Crippen LogP contribution in [0.1, 0.15) is 0 Å². The van der Waals surface area contributed by atoms with Gasteiger partial charge in [-0.05, 0) is 101 Å². The molecule has 12 rings (SSSR count). The number of hydrogen-bond donors (Lipinski definition) is 0. The van der Waals surface area contributed by atoms with Gasteiger partial charge in [0.05, 0.1) is 34.0 Å². The van der Waals surface area contributed by atoms with Crippen LogP contribution in [0.5, 0.6) is 0 Å². The fraction of sp³-hybridized carbons (Fsp3) is 0. The molecule has 0 atom stereocenters. The number of hydrogen-bond acceptors (Lipinski definition) is 2. The second kappa shape index (κ2) is 13.3. The average molecular weight is 754 g/mol. The fourth-order valence-electron chi connectivity index (χ4n) is 9.06. The maximum Gasteiger partial charge on any atom is 0.163 e. The van der Waals surface area contributed by atoms with Crippen molar-refractivity contribution in [2.24, 2.45) is 0 Å². The SMILES string of the molecule is c1ccc(-c2nccn3c(-c4cc(-c5ccc6c(c5)c5ccccc5n6-c5ccccc5)cc(-c5ccc6c(c5)c5ccccc5n6-c5ccccc5)c4)cnc23)cc1. The molecule has 0 saturated carbocycles. The van der Waals surface area contributed by atoms with E-state index in [4.69, 9.17) is 9.97 Å². The maximum absolute atomic E-state index is 4.98. The molecule has 0 unspecified atom stereocenters. The summed E-state index contributed by atoms with van der Waals surface area (Å²) in [6, 6.07) is 69.8. The van der Waals surface area contributed by atoms with E-state index in [1.54, 1.807) is 0 Å². The van der Waals surface area contributed by atoms with Gasteiger partial charge in [0.2, 0.25) is 0 Å². The molecule has 0 saturated heterocycles. The molecule has 0 aliphatic heterocycles. The van der Waals surface area contributed by atoms with Gasteiger partial charge >= 0.3 is 0 Å². The Morgan fingerprint density at radius 1 is 0.339 bits per heavy atom. The van der Waals surface area contributed by atoms with Crippen molar-refractivity contribution in [3.63, 3.8) is 0 Å². The van der Waals surface area contributed by atoms with Crippen molar-refractivity contribution in [3.05, 3.63) is 213 Å². The Morgan fingerprint density at radius 2 is 0.814 bits per heavy atom. The van der Waals surface area contributed by atoms with E-state index in [9.17, 15) is 0 Å². The van der Waals surface area contributed by atoms with Crippen molar-refractivity contribution in [2.75, 3.05) is 0 Å². The highest BCUT2D eigenvalue weighted by molar-refractivity contribution is 6.12. The molecule has 276 valence electrons. The molecule has 0 fully saturated rings. The molecule has 12 aromatic rings. The Labute approximate surface area is 340 Å². The Kier molecular flexibility index (Phi) is 7.47. The molecule has 59 heavy (non-hydrogen) atoms. The highest BCUT2D eigenvalue weighted by Crippen LogP contribution is 2.40. The predicted molar refractivity (Wildman–Crippen MR) is 243 cm³/mol. The Morgan fingerprint density at radius 3 is 1.37 bits per heavy atom. The van der Waals surface area contributed by atoms with Gasteiger partial charge in [0.1, 0.15) is 5.69 Å². The van der Waals surface area contributed by atoms with Gasteiger partial charge in [-0.3, -0.25) is 9.38 Å². The van der Waals surface area contributed by atoms with E-state index in [1.807, 2.05) is 36.8 Å². The standard InChI is InChI=1S/C54H35N5/c1-4-14-36(15-5-1)53-54-56-35-52(57(54)29-28-55-53)41-31-39(37-24-26-50-46(33-37)44-20-10-12-22-48(44)58(50)42-16-6-2-7-17-42)30-40(32-41)38-25-27-51-47(34-38)45-21-11-13-23-49(45)59(51)43-18-8-3-9-19-43/h1-35H. The van der Waals surface area contributed by atoms with E-state index >= 15 is 0 Å². The van der Waals surface area contributed by atoms with Gasteiger partial charge in [-0.15, -0.1) is 0 Å². The van der Waals surface area contributed by atoms with Gasteiger partial charge in [0, 0.05) is 56.4 Å². The van der Waals surface area contributed by atoms with Crippen molar-refractivity contribution < 1.29 is 0 Å². The zero-order valence-electron chi connectivity index (χ0n) is 31.9. The molecule has 0 amide bonds. The third-order valence-corrected chi connectivity index (χ3v) is 11.7. The molecular formula is C54H35N5. The fourth-order valence-corrected chi connectivity index (χ4v) is 9.06. The lowest BCUT2D eigenvalue weighted by Gasteiger charge is -2.13. The van der Waals surface area contributed by atoms with E-state index in [-0.39, 0.29) is 0 Å². The average Bonchev–Trinajstić information content (AvgIpc) is 4.00. The van der Waals surface area contributed by atoms with Crippen LogP contribution < -0.4 is 0 Å². The van der Waals surface area contributed by atoms with Crippen LogP contribution in [0.4, 0.5) is 0 Å². The summed E-state index contributed by atoms with van der Waals surface area (Å²) in [6.45, 7) is 0. The summed E-state index contributed by atoms with van der Waals surface area (Å²) in [5.74, 6) is 0. The quantitative estimate of drug-likeness (QED) is 0.170. The molecule has 0 radical (unpaired) electrons. The molecule has 0 aliphatic rings. The van der Waals surface area contributed by atoms with Crippen LogP contribution in [0, 0.1) is 0 Å². The first-order chi connectivity index (χ1) is 29.3. The number of fused-ring (bicyclic) bond motifs is 7. The zero-order chi connectivity index (χ0) is 38.9. The van der Waals surface area contributed by atoms with Gasteiger partial charge in [-0.2, -0.15) is 0 Å². The Balaban J connectivity index is 1.09. The lowest BCUT2D eigenvalue weighted by atomic mass is 9.93. The lowest BCUT2D eigenvalue weighted by molar-refractivity contribution is 1.13. The van der Waals surface area contributed by atoms with Crippen molar-refractivity contribution in [1.82, 2.24) is 23.5 Å². The first kappa shape index (κ1) is 33.2. The minimum absolute atomic E-state index is 0.825. The first-order valence-electron chi connectivity index (χ1n) is 20.0. The van der Waals surface area contributed by atoms with E-state index in [0.717, 1.165) is 61.8 Å². The third-order valence-electron chi connectivity index (χ3n) is 11.7. The number of aromatic nitrogens is 5. The molecule has 8 aromatic carbocycles.